The number of hydrogen-bond donors (Lipinski definition) is 0. The van der Waals surface area contributed by atoms with Crippen LogP contribution >= 0.6 is 11.8 Å². The van der Waals surface area contributed by atoms with E-state index in [2.05, 4.69) is 46.4 Å². The molecule has 1 amide bonds. The molecule has 0 fully saturated rings. The molecular formula is C47H92N2O5S. The van der Waals surface area contributed by atoms with Gasteiger partial charge < -0.3 is 19.3 Å². The second-order valence-electron chi connectivity index (χ2n) is 16.1. The number of carbonyl (C=O) groups excluding carboxylic acids is 3. The lowest BCUT2D eigenvalue weighted by atomic mass is 10.0. The van der Waals surface area contributed by atoms with Crippen LogP contribution in [0.3, 0.4) is 0 Å². The molecule has 0 rings (SSSR count). The third kappa shape index (κ3) is 34.5. The molecule has 8 heteroatoms. The molecule has 0 N–H and O–H groups in total. The monoisotopic (exact) mass is 797 g/mol. The molecular weight excluding hydrogens is 705 g/mol. The van der Waals surface area contributed by atoms with Crippen molar-refractivity contribution >= 4 is 28.9 Å². The predicted molar refractivity (Wildman–Crippen MR) is 238 cm³/mol. The number of thioether (sulfide) groups is 1. The van der Waals surface area contributed by atoms with Crippen molar-refractivity contribution in [3.05, 3.63) is 0 Å². The highest BCUT2D eigenvalue weighted by Gasteiger charge is 2.19. The summed E-state index contributed by atoms with van der Waals surface area (Å²) in [7, 11) is 0. The Morgan fingerprint density at radius 3 is 1.13 bits per heavy atom. The van der Waals surface area contributed by atoms with Crippen LogP contribution in [-0.2, 0) is 19.1 Å². The van der Waals surface area contributed by atoms with Crippen molar-refractivity contribution in [2.75, 3.05) is 38.5 Å². The number of rotatable bonds is 41. The number of nitrogens with zero attached hydrogens (tertiary/aromatic N) is 2. The number of hydrogen-bond acceptors (Lipinski definition) is 7. The Kier molecular flexibility index (Phi) is 39.9. The van der Waals surface area contributed by atoms with E-state index in [1.165, 1.54) is 121 Å². The lowest BCUT2D eigenvalue weighted by Crippen LogP contribution is -2.31. The molecule has 0 saturated heterocycles. The second kappa shape index (κ2) is 40.9. The molecule has 55 heavy (non-hydrogen) atoms. The summed E-state index contributed by atoms with van der Waals surface area (Å²) in [6.07, 6.45) is 32.2. The quantitative estimate of drug-likeness (QED) is 0.0450. The summed E-state index contributed by atoms with van der Waals surface area (Å²) < 4.78 is 12.1. The van der Waals surface area contributed by atoms with Gasteiger partial charge in [-0.05, 0) is 90.3 Å². The van der Waals surface area contributed by atoms with Gasteiger partial charge in [0.1, 0.15) is 12.2 Å². The molecule has 0 saturated carbocycles. The molecule has 0 aliphatic carbocycles. The summed E-state index contributed by atoms with van der Waals surface area (Å²) in [5.74, 6) is 0.496. The van der Waals surface area contributed by atoms with Crippen LogP contribution in [-0.4, -0.2) is 77.7 Å². The van der Waals surface area contributed by atoms with Crippen LogP contribution < -0.4 is 0 Å². The number of esters is 2. The number of amides is 1. The van der Waals surface area contributed by atoms with Gasteiger partial charge in [-0.3, -0.25) is 14.4 Å². The lowest BCUT2D eigenvalue weighted by molar-refractivity contribution is -0.150. The van der Waals surface area contributed by atoms with E-state index < -0.39 is 0 Å². The Labute approximate surface area is 346 Å². The first kappa shape index (κ1) is 53.7. The summed E-state index contributed by atoms with van der Waals surface area (Å²) >= 11 is 1.37. The Morgan fingerprint density at radius 1 is 0.436 bits per heavy atom. The largest absolute Gasteiger partial charge is 0.462 e. The van der Waals surface area contributed by atoms with Crippen LogP contribution in [0.2, 0.25) is 0 Å². The van der Waals surface area contributed by atoms with Gasteiger partial charge in [0.05, 0.1) is 0 Å². The average Bonchev–Trinajstić information content (AvgIpc) is 3.18. The smallest absolute Gasteiger partial charge is 0.306 e. The molecule has 0 aromatic carbocycles. The van der Waals surface area contributed by atoms with E-state index in [9.17, 15) is 14.4 Å². The number of ether oxygens (including phenoxy) is 2. The fraction of sp³-hybridized carbons (Fsp3) is 0.936. The zero-order valence-electron chi connectivity index (χ0n) is 37.5. The minimum atomic E-state index is -0.138. The van der Waals surface area contributed by atoms with Crippen molar-refractivity contribution in [2.45, 2.75) is 246 Å². The second-order valence-corrected chi connectivity index (χ2v) is 17.1. The van der Waals surface area contributed by atoms with Crippen LogP contribution in [0.5, 0.6) is 0 Å². The Balaban J connectivity index is 5.19. The summed E-state index contributed by atoms with van der Waals surface area (Å²) in [5, 5.41) is 0.0475. The van der Waals surface area contributed by atoms with Crippen LogP contribution in [0, 0.1) is 0 Å². The van der Waals surface area contributed by atoms with Gasteiger partial charge in [-0.25, -0.2) is 0 Å². The SMILES string of the molecule is CCCCCCCCC(CCCCCCC)OC(=O)CCCN(CCCC(=O)OC(CCCCCCC)CCCCCCC)C(=O)SCCCN(CC)CC. The molecule has 0 aliphatic rings. The third-order valence-electron chi connectivity index (χ3n) is 11.0. The highest BCUT2D eigenvalue weighted by molar-refractivity contribution is 8.13. The van der Waals surface area contributed by atoms with Crippen molar-refractivity contribution in [2.24, 2.45) is 0 Å². The van der Waals surface area contributed by atoms with E-state index in [0.29, 0.717) is 38.8 Å². The molecule has 1 atom stereocenters. The highest BCUT2D eigenvalue weighted by Crippen LogP contribution is 2.20. The standard InChI is InChI=1S/C47H92N2O5S/c1-7-13-17-21-25-29-36-44(35-28-24-20-16-10-4)54-46(51)38-31-41-49(47(52)55-42-32-39-48(11-5)12-6)40-30-37-45(50)53-43(33-26-22-18-14-8-2)34-27-23-19-15-9-3/h43-44H,7-42H2,1-6H3. The van der Waals surface area contributed by atoms with Crippen LogP contribution in [0.4, 0.5) is 4.79 Å². The van der Waals surface area contributed by atoms with Gasteiger partial charge in [-0.2, -0.15) is 0 Å². The van der Waals surface area contributed by atoms with E-state index in [1.807, 2.05) is 4.90 Å². The molecule has 0 bridgehead atoms. The Morgan fingerprint density at radius 2 is 0.782 bits per heavy atom. The van der Waals surface area contributed by atoms with E-state index >= 15 is 0 Å². The first-order valence-corrected chi connectivity index (χ1v) is 24.9. The molecule has 326 valence electrons. The van der Waals surface area contributed by atoms with Crippen LogP contribution in [0.15, 0.2) is 0 Å². The van der Waals surface area contributed by atoms with Crippen molar-refractivity contribution in [3.8, 4) is 0 Å². The summed E-state index contributed by atoms with van der Waals surface area (Å²) in [6, 6.07) is 0. The van der Waals surface area contributed by atoms with Gasteiger partial charge in [0.2, 0.25) is 0 Å². The Bertz CT molecular complexity index is 856. The van der Waals surface area contributed by atoms with E-state index in [4.69, 9.17) is 9.47 Å². The van der Waals surface area contributed by atoms with Crippen molar-refractivity contribution in [1.82, 2.24) is 9.80 Å². The number of unbranched alkanes of at least 4 members (excludes halogenated alkanes) is 17. The fourth-order valence-corrected chi connectivity index (χ4v) is 8.11. The van der Waals surface area contributed by atoms with E-state index in [1.54, 1.807) is 0 Å². The first-order valence-electron chi connectivity index (χ1n) is 23.9. The topological polar surface area (TPSA) is 76.1 Å². The lowest BCUT2D eigenvalue weighted by Gasteiger charge is -2.23. The maximum Gasteiger partial charge on any atom is 0.306 e. The zero-order chi connectivity index (χ0) is 40.6. The van der Waals surface area contributed by atoms with Gasteiger partial charge in [-0.15, -0.1) is 0 Å². The van der Waals surface area contributed by atoms with Gasteiger partial charge in [0.15, 0.2) is 0 Å². The minimum Gasteiger partial charge on any atom is -0.462 e. The average molecular weight is 797 g/mol. The minimum absolute atomic E-state index is 0.00178. The normalized spacial score (nSPS) is 12.1. The maximum absolute atomic E-state index is 13.5. The van der Waals surface area contributed by atoms with Gasteiger partial charge in [0.25, 0.3) is 5.24 Å². The Hall–Kier alpha value is -1.28. The molecule has 0 heterocycles. The van der Waals surface area contributed by atoms with E-state index in [-0.39, 0.29) is 29.4 Å². The summed E-state index contributed by atoms with van der Waals surface area (Å²) in [6.45, 7) is 17.3. The summed E-state index contributed by atoms with van der Waals surface area (Å²) in [4.78, 5) is 43.9. The first-order chi connectivity index (χ1) is 26.8. The number of carbonyl (C=O) groups is 3. The van der Waals surface area contributed by atoms with Crippen LogP contribution in [0.25, 0.3) is 0 Å². The molecule has 0 aromatic heterocycles. The van der Waals surface area contributed by atoms with E-state index in [0.717, 1.165) is 83.2 Å². The van der Waals surface area contributed by atoms with Crippen molar-refractivity contribution in [3.63, 3.8) is 0 Å². The molecule has 0 aliphatic heterocycles. The molecule has 7 nitrogen and oxygen atoms in total. The fourth-order valence-electron chi connectivity index (χ4n) is 7.29. The molecule has 0 radical (unpaired) electrons. The molecule has 0 aromatic rings. The van der Waals surface area contributed by atoms with Crippen molar-refractivity contribution < 1.29 is 23.9 Å². The zero-order valence-corrected chi connectivity index (χ0v) is 38.3. The molecule has 0 spiro atoms. The van der Waals surface area contributed by atoms with Gasteiger partial charge in [0, 0.05) is 31.7 Å². The van der Waals surface area contributed by atoms with Gasteiger partial charge >= 0.3 is 11.9 Å². The van der Waals surface area contributed by atoms with Gasteiger partial charge in [-0.1, -0.05) is 162 Å². The highest BCUT2D eigenvalue weighted by atomic mass is 32.2. The molecule has 1 unspecified atom stereocenters. The third-order valence-corrected chi connectivity index (χ3v) is 12.0. The predicted octanol–water partition coefficient (Wildman–Crippen LogP) is 14.1. The summed E-state index contributed by atoms with van der Waals surface area (Å²) in [5.41, 5.74) is 0. The van der Waals surface area contributed by atoms with Crippen molar-refractivity contribution in [1.29, 1.82) is 0 Å². The maximum atomic E-state index is 13.5. The van der Waals surface area contributed by atoms with Crippen LogP contribution in [0.1, 0.15) is 234 Å².